The highest BCUT2D eigenvalue weighted by molar-refractivity contribution is 6.00. The lowest BCUT2D eigenvalue weighted by Gasteiger charge is -2.08. The highest BCUT2D eigenvalue weighted by Crippen LogP contribution is 2.19. The Hall–Kier alpha value is -0.850. The SMILES string of the molecule is CCCCCCCCC(=CC(=O)C=C(CCC)CCCCCCCC)CCC. The molecule has 1 nitrogen and oxygen atoms in total. The molecule has 0 saturated heterocycles. The molecule has 164 valence electrons. The summed E-state index contributed by atoms with van der Waals surface area (Å²) >= 11 is 0. The van der Waals surface area contributed by atoms with E-state index in [9.17, 15) is 4.79 Å². The lowest BCUT2D eigenvalue weighted by Crippen LogP contribution is -1.96. The van der Waals surface area contributed by atoms with Crippen LogP contribution in [0.3, 0.4) is 0 Å². The van der Waals surface area contributed by atoms with E-state index < -0.39 is 0 Å². The van der Waals surface area contributed by atoms with Gasteiger partial charge in [-0.2, -0.15) is 0 Å². The van der Waals surface area contributed by atoms with Gasteiger partial charge in [-0.15, -0.1) is 0 Å². The van der Waals surface area contributed by atoms with Crippen LogP contribution in [-0.4, -0.2) is 5.78 Å². The largest absolute Gasteiger partial charge is 0.290 e. The molecule has 0 N–H and O–H groups in total. The van der Waals surface area contributed by atoms with Crippen LogP contribution in [0.2, 0.25) is 0 Å². The monoisotopic (exact) mass is 390 g/mol. The molecular weight excluding hydrogens is 340 g/mol. The van der Waals surface area contributed by atoms with Gasteiger partial charge in [-0.3, -0.25) is 4.79 Å². The summed E-state index contributed by atoms with van der Waals surface area (Å²) in [6.07, 6.45) is 26.4. The van der Waals surface area contributed by atoms with Crippen molar-refractivity contribution in [2.24, 2.45) is 0 Å². The Kier molecular flexibility index (Phi) is 20.2. The van der Waals surface area contributed by atoms with E-state index in [1.54, 1.807) is 0 Å². The number of carbonyl (C=O) groups excluding carboxylic acids is 1. The molecule has 0 fully saturated rings. The second-order valence-electron chi connectivity index (χ2n) is 8.54. The third kappa shape index (κ3) is 17.3. The Labute approximate surface area is 177 Å². The van der Waals surface area contributed by atoms with Gasteiger partial charge in [0.15, 0.2) is 5.78 Å². The molecular formula is C27H50O. The number of allylic oxidation sites excluding steroid dienone is 4. The first-order valence-electron chi connectivity index (χ1n) is 12.6. The number of rotatable bonds is 20. The summed E-state index contributed by atoms with van der Waals surface area (Å²) < 4.78 is 0. The average Bonchev–Trinajstić information content (AvgIpc) is 2.67. The molecule has 0 amide bonds. The van der Waals surface area contributed by atoms with Crippen molar-refractivity contribution < 1.29 is 4.79 Å². The molecule has 0 aromatic rings. The Balaban J connectivity index is 4.47. The average molecular weight is 391 g/mol. The molecule has 28 heavy (non-hydrogen) atoms. The molecule has 0 aromatic heterocycles. The van der Waals surface area contributed by atoms with Crippen molar-refractivity contribution >= 4 is 5.78 Å². The molecule has 0 aliphatic rings. The van der Waals surface area contributed by atoms with Crippen LogP contribution in [-0.2, 0) is 4.79 Å². The van der Waals surface area contributed by atoms with Gasteiger partial charge in [0, 0.05) is 0 Å². The maximum atomic E-state index is 12.6. The van der Waals surface area contributed by atoms with Crippen molar-refractivity contribution in [1.82, 2.24) is 0 Å². The number of unbranched alkanes of at least 4 members (excludes halogenated alkanes) is 10. The lowest BCUT2D eigenvalue weighted by atomic mass is 9.98. The quantitative estimate of drug-likeness (QED) is 0.149. The Morgan fingerprint density at radius 2 is 0.821 bits per heavy atom. The molecule has 0 radical (unpaired) electrons. The first kappa shape index (κ1) is 27.1. The van der Waals surface area contributed by atoms with Gasteiger partial charge >= 0.3 is 0 Å². The molecule has 0 bridgehead atoms. The second kappa shape index (κ2) is 20.9. The predicted octanol–water partition coefficient (Wildman–Crippen LogP) is 9.51. The van der Waals surface area contributed by atoms with Crippen LogP contribution in [0.15, 0.2) is 23.3 Å². The van der Waals surface area contributed by atoms with E-state index >= 15 is 0 Å². The third-order valence-corrected chi connectivity index (χ3v) is 5.54. The standard InChI is InChI=1S/C27H50O/c1-5-9-11-13-15-17-21-25(19-7-3)23-27(28)24-26(20-8-4)22-18-16-14-12-10-6-2/h23-24H,5-22H2,1-4H3. The van der Waals surface area contributed by atoms with Gasteiger partial charge in [0.25, 0.3) is 0 Å². The minimum atomic E-state index is 0.240. The highest BCUT2D eigenvalue weighted by Gasteiger charge is 2.04. The molecule has 1 heteroatoms. The Morgan fingerprint density at radius 1 is 0.464 bits per heavy atom. The van der Waals surface area contributed by atoms with Crippen LogP contribution in [0.25, 0.3) is 0 Å². The van der Waals surface area contributed by atoms with Crippen LogP contribution in [0.4, 0.5) is 0 Å². The first-order valence-corrected chi connectivity index (χ1v) is 12.6. The number of hydrogen-bond acceptors (Lipinski definition) is 1. The lowest BCUT2D eigenvalue weighted by molar-refractivity contribution is -0.110. The topological polar surface area (TPSA) is 17.1 Å². The van der Waals surface area contributed by atoms with Gasteiger partial charge in [-0.05, 0) is 50.7 Å². The maximum Gasteiger partial charge on any atom is 0.178 e. The van der Waals surface area contributed by atoms with Crippen LogP contribution >= 0.6 is 0 Å². The summed E-state index contributed by atoms with van der Waals surface area (Å²) in [5.41, 5.74) is 2.74. The fourth-order valence-electron chi connectivity index (χ4n) is 3.89. The smallest absolute Gasteiger partial charge is 0.178 e. The fraction of sp³-hybridized carbons (Fsp3) is 0.815. The molecule has 0 aromatic carbocycles. The minimum absolute atomic E-state index is 0.240. The fourth-order valence-corrected chi connectivity index (χ4v) is 3.89. The zero-order valence-corrected chi connectivity index (χ0v) is 19.8. The van der Waals surface area contributed by atoms with E-state index in [1.807, 2.05) is 12.2 Å². The van der Waals surface area contributed by atoms with Gasteiger partial charge in [-0.25, -0.2) is 0 Å². The summed E-state index contributed by atoms with van der Waals surface area (Å²) in [6, 6.07) is 0. The Bertz CT molecular complexity index is 378. The van der Waals surface area contributed by atoms with Gasteiger partial charge in [0.1, 0.15) is 0 Å². The van der Waals surface area contributed by atoms with Gasteiger partial charge in [0.05, 0.1) is 0 Å². The van der Waals surface area contributed by atoms with Gasteiger partial charge in [-0.1, -0.05) is 116 Å². The van der Waals surface area contributed by atoms with E-state index in [1.165, 1.54) is 88.2 Å². The summed E-state index contributed by atoms with van der Waals surface area (Å²) in [6.45, 7) is 8.97. The van der Waals surface area contributed by atoms with Crippen molar-refractivity contribution in [2.75, 3.05) is 0 Å². The summed E-state index contributed by atoms with van der Waals surface area (Å²) in [7, 11) is 0. The Morgan fingerprint density at radius 3 is 1.18 bits per heavy atom. The summed E-state index contributed by atoms with van der Waals surface area (Å²) in [5.74, 6) is 0.240. The molecule has 0 atom stereocenters. The molecule has 0 aliphatic carbocycles. The van der Waals surface area contributed by atoms with E-state index in [2.05, 4.69) is 27.7 Å². The maximum absolute atomic E-state index is 12.6. The van der Waals surface area contributed by atoms with Crippen LogP contribution in [0.1, 0.15) is 143 Å². The van der Waals surface area contributed by atoms with E-state index in [0.717, 1.165) is 38.5 Å². The van der Waals surface area contributed by atoms with Crippen LogP contribution in [0, 0.1) is 0 Å². The summed E-state index contributed by atoms with van der Waals surface area (Å²) in [4.78, 5) is 12.6. The molecule has 0 heterocycles. The van der Waals surface area contributed by atoms with Crippen molar-refractivity contribution in [3.8, 4) is 0 Å². The van der Waals surface area contributed by atoms with E-state index in [-0.39, 0.29) is 5.78 Å². The van der Waals surface area contributed by atoms with Crippen molar-refractivity contribution in [3.63, 3.8) is 0 Å². The zero-order chi connectivity index (χ0) is 20.9. The summed E-state index contributed by atoms with van der Waals surface area (Å²) in [5, 5.41) is 0. The first-order chi connectivity index (χ1) is 13.7. The van der Waals surface area contributed by atoms with Gasteiger partial charge < -0.3 is 0 Å². The second-order valence-corrected chi connectivity index (χ2v) is 8.54. The molecule has 0 rings (SSSR count). The highest BCUT2D eigenvalue weighted by atomic mass is 16.1. The zero-order valence-electron chi connectivity index (χ0n) is 19.8. The molecule has 0 spiro atoms. The minimum Gasteiger partial charge on any atom is -0.290 e. The molecule has 0 aliphatic heterocycles. The van der Waals surface area contributed by atoms with E-state index in [4.69, 9.17) is 0 Å². The number of hydrogen-bond donors (Lipinski definition) is 0. The van der Waals surface area contributed by atoms with Crippen molar-refractivity contribution in [3.05, 3.63) is 23.3 Å². The van der Waals surface area contributed by atoms with Crippen LogP contribution < -0.4 is 0 Å². The number of carbonyl (C=O) groups is 1. The van der Waals surface area contributed by atoms with Gasteiger partial charge in [0.2, 0.25) is 0 Å². The normalized spacial score (nSPS) is 12.6. The predicted molar refractivity (Wildman–Crippen MR) is 127 cm³/mol. The molecule has 0 unspecified atom stereocenters. The third-order valence-electron chi connectivity index (χ3n) is 5.54. The van der Waals surface area contributed by atoms with Crippen molar-refractivity contribution in [2.45, 2.75) is 143 Å². The van der Waals surface area contributed by atoms with E-state index in [0.29, 0.717) is 0 Å². The van der Waals surface area contributed by atoms with Crippen LogP contribution in [0.5, 0.6) is 0 Å². The number of ketones is 1. The molecule has 0 saturated carbocycles. The van der Waals surface area contributed by atoms with Crippen molar-refractivity contribution in [1.29, 1.82) is 0 Å².